The minimum Gasteiger partial charge on any atom is -0.337 e. The lowest BCUT2D eigenvalue weighted by atomic mass is 9.87. The van der Waals surface area contributed by atoms with Crippen LogP contribution in [0.1, 0.15) is 44.7 Å². The number of nitrogens with zero attached hydrogens (tertiary/aromatic N) is 6. The summed E-state index contributed by atoms with van der Waals surface area (Å²) in [5.74, 6) is 0.787. The van der Waals surface area contributed by atoms with E-state index in [0.717, 1.165) is 16.9 Å². The summed E-state index contributed by atoms with van der Waals surface area (Å²) in [4.78, 5) is 23.1. The van der Waals surface area contributed by atoms with Crippen molar-refractivity contribution < 1.29 is 4.52 Å². The molecule has 0 N–H and O–H groups in total. The number of fused-ring (bicyclic) bond motifs is 1. The molecule has 0 aliphatic carbocycles. The van der Waals surface area contributed by atoms with Crippen LogP contribution in [0.4, 0.5) is 0 Å². The van der Waals surface area contributed by atoms with Crippen LogP contribution in [0.3, 0.4) is 0 Å². The molecule has 0 fully saturated rings. The predicted octanol–water partition coefficient (Wildman–Crippen LogP) is 5.00. The smallest absolute Gasteiger partial charge is 0.337 e. The van der Waals surface area contributed by atoms with Crippen molar-refractivity contribution in [2.75, 3.05) is 0 Å². The monoisotopic (exact) mass is 486 g/mol. The quantitative estimate of drug-likeness (QED) is 0.333. The largest absolute Gasteiger partial charge is 0.350 e. The van der Waals surface area contributed by atoms with Crippen LogP contribution >= 0.6 is 11.8 Å². The maximum absolute atomic E-state index is 13.0. The topological polar surface area (TPSA) is 91.1 Å². The molecule has 3 aromatic heterocycles. The van der Waals surface area contributed by atoms with Crippen molar-refractivity contribution in [2.45, 2.75) is 56.0 Å². The lowest BCUT2D eigenvalue weighted by Gasteiger charge is -2.18. The van der Waals surface area contributed by atoms with E-state index in [1.807, 2.05) is 24.3 Å². The standard InChI is InChI=1S/C26H26N6O2S/c1-5-17-8-6-7-9-20(17)35-24-23-29-32(25(33)31(23)15-14-27-24)16-21-28-22(30-34-21)18-10-12-19(13-11-18)26(2,3)4/h6-15H,5,16H2,1-4H3. The van der Waals surface area contributed by atoms with Gasteiger partial charge in [0.1, 0.15) is 11.6 Å². The van der Waals surface area contributed by atoms with Crippen LogP contribution in [0, 0.1) is 0 Å². The molecule has 0 aliphatic rings. The van der Waals surface area contributed by atoms with Crippen LogP contribution in [0.25, 0.3) is 17.0 Å². The first kappa shape index (κ1) is 23.0. The van der Waals surface area contributed by atoms with Crippen molar-refractivity contribution in [3.63, 3.8) is 0 Å². The number of benzene rings is 2. The van der Waals surface area contributed by atoms with E-state index in [2.05, 4.69) is 72.2 Å². The van der Waals surface area contributed by atoms with Crippen molar-refractivity contribution in [3.05, 3.63) is 88.4 Å². The van der Waals surface area contributed by atoms with E-state index < -0.39 is 0 Å². The number of rotatable bonds is 6. The van der Waals surface area contributed by atoms with Gasteiger partial charge in [-0.05, 0) is 29.0 Å². The van der Waals surface area contributed by atoms with Gasteiger partial charge in [-0.25, -0.2) is 18.9 Å². The van der Waals surface area contributed by atoms with Gasteiger partial charge in [0.05, 0.1) is 0 Å². The minimum atomic E-state index is -0.290. The van der Waals surface area contributed by atoms with Crippen molar-refractivity contribution in [2.24, 2.45) is 0 Å². The Bertz CT molecular complexity index is 1540. The van der Waals surface area contributed by atoms with Crippen LogP contribution in [0.5, 0.6) is 0 Å². The number of hydrogen-bond donors (Lipinski definition) is 0. The SMILES string of the molecule is CCc1ccccc1Sc1nccn2c(=O)n(Cc3nc(-c4ccc(C(C)(C)C)cc4)no3)nc12. The predicted molar refractivity (Wildman–Crippen MR) is 135 cm³/mol. The van der Waals surface area contributed by atoms with Crippen LogP contribution in [-0.2, 0) is 18.4 Å². The van der Waals surface area contributed by atoms with Gasteiger partial charge >= 0.3 is 5.69 Å². The zero-order valence-corrected chi connectivity index (χ0v) is 20.9. The van der Waals surface area contributed by atoms with E-state index in [-0.39, 0.29) is 17.6 Å². The highest BCUT2D eigenvalue weighted by atomic mass is 32.2. The molecular weight excluding hydrogens is 460 g/mol. The molecular formula is C26H26N6O2S. The summed E-state index contributed by atoms with van der Waals surface area (Å²) >= 11 is 1.50. The van der Waals surface area contributed by atoms with Gasteiger partial charge in [-0.15, -0.1) is 5.10 Å². The van der Waals surface area contributed by atoms with Crippen LogP contribution in [0.2, 0.25) is 0 Å². The third-order valence-electron chi connectivity index (χ3n) is 5.79. The van der Waals surface area contributed by atoms with Gasteiger partial charge in [0.2, 0.25) is 11.7 Å². The molecule has 0 unspecified atom stereocenters. The minimum absolute atomic E-state index is 0.0653. The maximum Gasteiger partial charge on any atom is 0.350 e. The van der Waals surface area contributed by atoms with Crippen molar-refractivity contribution in [1.29, 1.82) is 0 Å². The molecule has 0 saturated heterocycles. The van der Waals surface area contributed by atoms with E-state index in [0.29, 0.717) is 22.4 Å². The molecule has 0 spiro atoms. The summed E-state index contributed by atoms with van der Waals surface area (Å²) in [5.41, 5.74) is 3.57. The summed E-state index contributed by atoms with van der Waals surface area (Å²) in [7, 11) is 0. The van der Waals surface area contributed by atoms with Crippen LogP contribution in [-0.4, -0.2) is 29.3 Å². The van der Waals surface area contributed by atoms with E-state index in [9.17, 15) is 4.79 Å². The fourth-order valence-electron chi connectivity index (χ4n) is 3.78. The molecule has 5 rings (SSSR count). The summed E-state index contributed by atoms with van der Waals surface area (Å²) in [6.07, 6.45) is 4.14. The Morgan fingerprint density at radius 3 is 2.57 bits per heavy atom. The Morgan fingerprint density at radius 2 is 1.83 bits per heavy atom. The molecule has 0 radical (unpaired) electrons. The van der Waals surface area contributed by atoms with Gasteiger partial charge in [-0.1, -0.05) is 87.1 Å². The molecule has 5 aromatic rings. The Hall–Kier alpha value is -3.72. The summed E-state index contributed by atoms with van der Waals surface area (Å²) in [6.45, 7) is 8.70. The van der Waals surface area contributed by atoms with E-state index in [1.165, 1.54) is 32.0 Å². The zero-order valence-electron chi connectivity index (χ0n) is 20.1. The Labute approximate surface area is 207 Å². The number of hydrogen-bond acceptors (Lipinski definition) is 7. The first-order valence-electron chi connectivity index (χ1n) is 11.5. The normalized spacial score (nSPS) is 11.9. The molecule has 0 atom stereocenters. The zero-order chi connectivity index (χ0) is 24.6. The molecule has 35 heavy (non-hydrogen) atoms. The van der Waals surface area contributed by atoms with Crippen molar-refractivity contribution >= 4 is 17.4 Å². The molecule has 0 amide bonds. The second kappa shape index (κ2) is 9.14. The average molecular weight is 487 g/mol. The van der Waals surface area contributed by atoms with Gasteiger partial charge in [-0.3, -0.25) is 0 Å². The van der Waals surface area contributed by atoms with Crippen LogP contribution in [0.15, 0.2) is 80.2 Å². The Balaban J connectivity index is 1.42. The molecule has 0 bridgehead atoms. The van der Waals surface area contributed by atoms with Crippen molar-refractivity contribution in [3.8, 4) is 11.4 Å². The van der Waals surface area contributed by atoms with Crippen molar-refractivity contribution in [1.82, 2.24) is 29.3 Å². The van der Waals surface area contributed by atoms with E-state index >= 15 is 0 Å². The van der Waals surface area contributed by atoms with Gasteiger partial charge in [0.15, 0.2) is 5.65 Å². The highest BCUT2D eigenvalue weighted by molar-refractivity contribution is 7.99. The molecule has 8 nitrogen and oxygen atoms in total. The first-order valence-corrected chi connectivity index (χ1v) is 12.3. The van der Waals surface area contributed by atoms with Crippen LogP contribution < -0.4 is 5.69 Å². The number of aromatic nitrogens is 6. The molecule has 0 saturated carbocycles. The summed E-state index contributed by atoms with van der Waals surface area (Å²) in [6, 6.07) is 16.3. The van der Waals surface area contributed by atoms with E-state index in [1.54, 1.807) is 12.4 Å². The molecule has 3 heterocycles. The lowest BCUT2D eigenvalue weighted by molar-refractivity contribution is 0.364. The molecule has 178 valence electrons. The second-order valence-corrected chi connectivity index (χ2v) is 10.3. The molecule has 0 aliphatic heterocycles. The van der Waals surface area contributed by atoms with Gasteiger partial charge in [0.25, 0.3) is 0 Å². The Morgan fingerprint density at radius 1 is 1.06 bits per heavy atom. The third kappa shape index (κ3) is 4.64. The Kier molecular flexibility index (Phi) is 6.02. The highest BCUT2D eigenvalue weighted by Gasteiger charge is 2.18. The first-order chi connectivity index (χ1) is 16.8. The highest BCUT2D eigenvalue weighted by Crippen LogP contribution is 2.31. The summed E-state index contributed by atoms with van der Waals surface area (Å²) < 4.78 is 8.26. The van der Waals surface area contributed by atoms with Gasteiger partial charge in [-0.2, -0.15) is 4.98 Å². The lowest BCUT2D eigenvalue weighted by Crippen LogP contribution is -2.21. The number of aryl methyl sites for hydroxylation is 1. The summed E-state index contributed by atoms with van der Waals surface area (Å²) in [5, 5.41) is 9.30. The maximum atomic E-state index is 13.0. The third-order valence-corrected chi connectivity index (χ3v) is 6.89. The molecule has 2 aromatic carbocycles. The fourth-order valence-corrected chi connectivity index (χ4v) is 4.83. The van der Waals surface area contributed by atoms with Gasteiger partial charge in [0, 0.05) is 22.9 Å². The average Bonchev–Trinajstić information content (AvgIpc) is 3.45. The fraction of sp³-hybridized carbons (Fsp3) is 0.269. The van der Waals surface area contributed by atoms with Gasteiger partial charge < -0.3 is 4.52 Å². The van der Waals surface area contributed by atoms with E-state index in [4.69, 9.17) is 4.52 Å². The second-order valence-electron chi connectivity index (χ2n) is 9.27. The molecule has 9 heteroatoms.